The minimum absolute atomic E-state index is 0.220. The summed E-state index contributed by atoms with van der Waals surface area (Å²) in [4.78, 5) is 38.7. The third kappa shape index (κ3) is 1.64. The fourth-order valence-electron chi connectivity index (χ4n) is 5.84. The highest BCUT2D eigenvalue weighted by Gasteiger charge is 2.91. The topological polar surface area (TPSA) is 151 Å². The van der Waals surface area contributed by atoms with Crippen LogP contribution in [0, 0.1) is 5.92 Å². The average Bonchev–Trinajstić information content (AvgIpc) is 2.72. The maximum absolute atomic E-state index is 13.6. The Morgan fingerprint density at radius 3 is 2.55 bits per heavy atom. The zero-order chi connectivity index (χ0) is 21.0. The lowest BCUT2D eigenvalue weighted by molar-refractivity contribution is -0.240. The summed E-state index contributed by atoms with van der Waals surface area (Å²) in [6.07, 6.45) is 0.762. The number of aromatic hydroxyl groups is 1. The number of esters is 2. The highest BCUT2D eigenvalue weighted by Crippen LogP contribution is 2.70. The van der Waals surface area contributed by atoms with Gasteiger partial charge in [0.1, 0.15) is 23.4 Å². The summed E-state index contributed by atoms with van der Waals surface area (Å²) in [6, 6.07) is 3.81. The van der Waals surface area contributed by atoms with Gasteiger partial charge in [0.2, 0.25) is 11.4 Å². The van der Waals surface area contributed by atoms with Crippen LogP contribution in [0.5, 0.6) is 5.75 Å². The van der Waals surface area contributed by atoms with Crippen LogP contribution >= 0.6 is 0 Å². The summed E-state index contributed by atoms with van der Waals surface area (Å²) < 4.78 is 10.6. The molecule has 1 saturated heterocycles. The molecule has 0 aromatic heterocycles. The average molecular weight is 402 g/mol. The van der Waals surface area contributed by atoms with Gasteiger partial charge in [0.15, 0.2) is 11.2 Å². The van der Waals surface area contributed by atoms with E-state index >= 15 is 0 Å². The van der Waals surface area contributed by atoms with Crippen LogP contribution < -0.4 is 0 Å². The lowest BCUT2D eigenvalue weighted by Gasteiger charge is -2.52. The summed E-state index contributed by atoms with van der Waals surface area (Å²) in [5, 5.41) is 45.8. The predicted octanol–water partition coefficient (Wildman–Crippen LogP) is -0.555. The number of cyclic esters (lactones) is 1. The fourth-order valence-corrected chi connectivity index (χ4v) is 5.84. The Balaban J connectivity index is 1.96. The van der Waals surface area contributed by atoms with Gasteiger partial charge in [-0.15, -0.1) is 0 Å². The van der Waals surface area contributed by atoms with Crippen molar-refractivity contribution >= 4 is 17.7 Å². The number of Topliss-reactive ketones (excluding diaryl/α,β-unsaturated/α-hetero) is 1. The van der Waals surface area contributed by atoms with E-state index in [1.807, 2.05) is 0 Å². The van der Waals surface area contributed by atoms with Crippen LogP contribution in [0.1, 0.15) is 35.7 Å². The first-order chi connectivity index (χ1) is 13.5. The number of carbonyl (C=O) groups is 3. The van der Waals surface area contributed by atoms with Crippen molar-refractivity contribution in [2.45, 2.75) is 48.3 Å². The number of ether oxygens (including phenoxy) is 2. The van der Waals surface area contributed by atoms with E-state index in [1.165, 1.54) is 31.2 Å². The van der Waals surface area contributed by atoms with Gasteiger partial charge in [-0.1, -0.05) is 18.2 Å². The second-order valence-corrected chi connectivity index (χ2v) is 8.17. The van der Waals surface area contributed by atoms with Crippen molar-refractivity contribution in [3.05, 3.63) is 41.5 Å². The van der Waals surface area contributed by atoms with Gasteiger partial charge in [-0.2, -0.15) is 0 Å². The smallest absolute Gasteiger partial charge is 0.331 e. The van der Waals surface area contributed by atoms with Gasteiger partial charge in [0, 0.05) is 24.5 Å². The molecule has 1 aromatic carbocycles. The van der Waals surface area contributed by atoms with Crippen LogP contribution in [0.15, 0.2) is 30.4 Å². The molecule has 152 valence electrons. The number of phenolic OH excluding ortho intramolecular Hbond substituents is 1. The molecule has 2 bridgehead atoms. The minimum Gasteiger partial charge on any atom is -0.507 e. The number of ketones is 1. The molecule has 4 aliphatic rings. The van der Waals surface area contributed by atoms with Crippen LogP contribution in [0.2, 0.25) is 0 Å². The normalized spacial score (nSPS) is 44.9. The number of benzene rings is 1. The molecule has 2 heterocycles. The molecular weight excluding hydrogens is 384 g/mol. The molecule has 9 nitrogen and oxygen atoms in total. The molecule has 2 aliphatic carbocycles. The Bertz CT molecular complexity index is 1030. The lowest BCUT2D eigenvalue weighted by Crippen LogP contribution is -2.74. The summed E-state index contributed by atoms with van der Waals surface area (Å²) in [6.45, 7) is 1.47. The van der Waals surface area contributed by atoms with E-state index in [9.17, 15) is 34.8 Å². The van der Waals surface area contributed by atoms with Crippen molar-refractivity contribution < 1.29 is 44.3 Å². The number of hydrogen-bond acceptors (Lipinski definition) is 9. The molecule has 5 rings (SSSR count). The Labute approximate surface area is 164 Å². The van der Waals surface area contributed by atoms with Gasteiger partial charge >= 0.3 is 11.9 Å². The van der Waals surface area contributed by atoms with Crippen LogP contribution in [-0.2, 0) is 24.7 Å². The third-order valence-corrected chi connectivity index (χ3v) is 6.82. The maximum Gasteiger partial charge on any atom is 0.331 e. The number of hydrogen-bond donors (Lipinski definition) is 4. The van der Waals surface area contributed by atoms with E-state index in [1.54, 1.807) is 0 Å². The molecule has 3 unspecified atom stereocenters. The zero-order valence-electron chi connectivity index (χ0n) is 15.3. The molecule has 4 N–H and O–H groups in total. The molecule has 6 atom stereocenters. The van der Waals surface area contributed by atoms with Crippen molar-refractivity contribution in [2.75, 3.05) is 0 Å². The number of fused-ring (bicyclic) bond motifs is 5. The van der Waals surface area contributed by atoms with Crippen LogP contribution in [-0.4, -0.2) is 61.1 Å². The third-order valence-electron chi connectivity index (χ3n) is 6.82. The SMILES string of the molecule is C[C@@H]1C[C@@]2(O)[C@@H](C(=O)O1)C1(O)c3cccc(O)c3C(=O)C2(O)C12CC=CC(=O)O2. The monoisotopic (exact) mass is 402 g/mol. The van der Waals surface area contributed by atoms with Crippen molar-refractivity contribution in [2.24, 2.45) is 5.92 Å². The molecule has 1 saturated carbocycles. The van der Waals surface area contributed by atoms with E-state index in [4.69, 9.17) is 9.47 Å². The van der Waals surface area contributed by atoms with Gasteiger partial charge in [-0.05, 0) is 13.0 Å². The Kier molecular flexibility index (Phi) is 3.18. The predicted molar refractivity (Wildman–Crippen MR) is 92.5 cm³/mol. The van der Waals surface area contributed by atoms with Gasteiger partial charge in [-0.25, -0.2) is 4.79 Å². The fraction of sp³-hybridized carbons (Fsp3) is 0.450. The Morgan fingerprint density at radius 1 is 1.14 bits per heavy atom. The standard InChI is InChI=1S/C20H18O9/c1-9-8-17(25)14(16(24)28-9)19(26)10-4-2-5-11(21)13(10)15(23)20(17,27)18(19)7-3-6-12(22)29-18/h2-6,9,14,21,25-27H,7-8H2,1H3/t9-,14-,17-,18?,19?,20?/m1/s1. The van der Waals surface area contributed by atoms with Crippen LogP contribution in [0.25, 0.3) is 0 Å². The first-order valence-corrected chi connectivity index (χ1v) is 9.19. The second kappa shape index (κ2) is 5.05. The van der Waals surface area contributed by atoms with Gasteiger partial charge in [0.25, 0.3) is 0 Å². The molecule has 2 aliphatic heterocycles. The Morgan fingerprint density at radius 2 is 1.86 bits per heavy atom. The summed E-state index contributed by atoms with van der Waals surface area (Å²) in [5.74, 6) is -5.50. The van der Waals surface area contributed by atoms with E-state index < -0.39 is 63.5 Å². The number of aliphatic hydroxyl groups is 3. The number of phenols is 1. The molecule has 9 heteroatoms. The van der Waals surface area contributed by atoms with Crippen molar-refractivity contribution in [3.63, 3.8) is 0 Å². The molecule has 0 amide bonds. The highest BCUT2D eigenvalue weighted by molar-refractivity contribution is 6.12. The minimum atomic E-state index is -2.90. The second-order valence-electron chi connectivity index (χ2n) is 8.17. The molecule has 0 radical (unpaired) electrons. The summed E-state index contributed by atoms with van der Waals surface area (Å²) in [5.41, 5.74) is -11.0. The van der Waals surface area contributed by atoms with E-state index in [2.05, 4.69) is 0 Å². The molecule has 1 spiro atoms. The largest absolute Gasteiger partial charge is 0.507 e. The lowest BCUT2D eigenvalue weighted by atomic mass is 9.61. The Hall–Kier alpha value is -2.75. The van der Waals surface area contributed by atoms with Gasteiger partial charge in [0.05, 0.1) is 5.56 Å². The molecule has 1 aromatic rings. The first-order valence-electron chi connectivity index (χ1n) is 9.19. The van der Waals surface area contributed by atoms with Crippen LogP contribution in [0.3, 0.4) is 0 Å². The molecular formula is C20H18O9. The molecule has 29 heavy (non-hydrogen) atoms. The van der Waals surface area contributed by atoms with Gasteiger partial charge in [-0.3, -0.25) is 9.59 Å². The van der Waals surface area contributed by atoms with Crippen molar-refractivity contribution in [1.29, 1.82) is 0 Å². The van der Waals surface area contributed by atoms with Crippen molar-refractivity contribution in [1.82, 2.24) is 0 Å². The van der Waals surface area contributed by atoms with E-state index in [0.717, 1.165) is 6.08 Å². The first kappa shape index (κ1) is 18.3. The summed E-state index contributed by atoms with van der Waals surface area (Å²) >= 11 is 0. The zero-order valence-corrected chi connectivity index (χ0v) is 15.3. The van der Waals surface area contributed by atoms with Crippen LogP contribution in [0.4, 0.5) is 0 Å². The van der Waals surface area contributed by atoms with Gasteiger partial charge < -0.3 is 29.9 Å². The highest BCUT2D eigenvalue weighted by atomic mass is 16.6. The summed E-state index contributed by atoms with van der Waals surface area (Å²) in [7, 11) is 0. The van der Waals surface area contributed by atoms with Crippen molar-refractivity contribution in [3.8, 4) is 5.75 Å². The molecule has 2 fully saturated rings. The maximum atomic E-state index is 13.6. The van der Waals surface area contributed by atoms with E-state index in [-0.39, 0.29) is 18.4 Å². The number of rotatable bonds is 0. The number of carbonyl (C=O) groups excluding carboxylic acids is 3. The van der Waals surface area contributed by atoms with E-state index in [0.29, 0.717) is 0 Å². The quantitative estimate of drug-likeness (QED) is 0.419.